The highest BCUT2D eigenvalue weighted by Crippen LogP contribution is 2.31. The van der Waals surface area contributed by atoms with E-state index in [0.717, 1.165) is 62.4 Å². The SMILES string of the molecule is CC(C)NS(=O)(=O)c1cccc(Nc2nc(Nc3ccc(N4CCN(C)CC4)cc3)nc3c2CCC3)c1. The number of nitrogens with zero attached hydrogens (tertiary/aromatic N) is 4. The minimum absolute atomic E-state index is 0.184. The first kappa shape index (κ1) is 25.4. The van der Waals surface area contributed by atoms with Crippen molar-refractivity contribution in [1.82, 2.24) is 19.6 Å². The van der Waals surface area contributed by atoms with E-state index in [0.29, 0.717) is 17.5 Å². The maximum Gasteiger partial charge on any atom is 0.240 e. The number of aryl methyl sites for hydroxylation is 1. The lowest BCUT2D eigenvalue weighted by Gasteiger charge is -2.34. The predicted molar refractivity (Wildman–Crippen MR) is 149 cm³/mol. The second kappa shape index (κ2) is 10.6. The van der Waals surface area contributed by atoms with Crippen molar-refractivity contribution in [1.29, 1.82) is 0 Å². The van der Waals surface area contributed by atoms with Gasteiger partial charge in [0.1, 0.15) is 5.82 Å². The van der Waals surface area contributed by atoms with E-state index in [2.05, 4.69) is 56.5 Å². The fourth-order valence-electron chi connectivity index (χ4n) is 4.80. The molecular weight excluding hydrogens is 486 g/mol. The largest absolute Gasteiger partial charge is 0.369 e. The zero-order valence-corrected chi connectivity index (χ0v) is 22.5. The fourth-order valence-corrected chi connectivity index (χ4v) is 6.09. The number of rotatable bonds is 8. The smallest absolute Gasteiger partial charge is 0.240 e. The molecule has 3 aromatic rings. The highest BCUT2D eigenvalue weighted by molar-refractivity contribution is 7.89. The predicted octanol–water partition coefficient (Wildman–Crippen LogP) is 3.89. The lowest BCUT2D eigenvalue weighted by atomic mass is 10.2. The van der Waals surface area contributed by atoms with Gasteiger partial charge in [-0.1, -0.05) is 6.07 Å². The summed E-state index contributed by atoms with van der Waals surface area (Å²) in [5.74, 6) is 1.24. The van der Waals surface area contributed by atoms with Crippen LogP contribution in [0.4, 0.5) is 28.8 Å². The third kappa shape index (κ3) is 6.03. The molecule has 196 valence electrons. The van der Waals surface area contributed by atoms with E-state index in [4.69, 9.17) is 9.97 Å². The van der Waals surface area contributed by atoms with Crippen LogP contribution in [-0.4, -0.2) is 62.6 Å². The average molecular weight is 522 g/mol. The van der Waals surface area contributed by atoms with E-state index in [-0.39, 0.29) is 10.9 Å². The molecule has 0 spiro atoms. The number of anilines is 5. The van der Waals surface area contributed by atoms with Crippen molar-refractivity contribution < 1.29 is 8.42 Å². The first-order chi connectivity index (χ1) is 17.8. The van der Waals surface area contributed by atoms with Crippen molar-refractivity contribution in [2.24, 2.45) is 0 Å². The minimum atomic E-state index is -3.59. The summed E-state index contributed by atoms with van der Waals surface area (Å²) in [5.41, 5.74) is 4.93. The molecular formula is C27H35N7O2S. The van der Waals surface area contributed by atoms with Crippen LogP contribution in [0.15, 0.2) is 53.4 Å². The quantitative estimate of drug-likeness (QED) is 0.410. The van der Waals surface area contributed by atoms with Crippen LogP contribution in [-0.2, 0) is 22.9 Å². The molecule has 0 saturated carbocycles. The van der Waals surface area contributed by atoms with Gasteiger partial charge in [-0.3, -0.25) is 0 Å². The maximum atomic E-state index is 12.7. The Kier molecular flexibility index (Phi) is 7.32. The van der Waals surface area contributed by atoms with Crippen LogP contribution < -0.4 is 20.3 Å². The number of hydrogen-bond donors (Lipinski definition) is 3. The number of aromatic nitrogens is 2. The number of nitrogens with one attached hydrogen (secondary N) is 3. The van der Waals surface area contributed by atoms with Crippen molar-refractivity contribution in [3.8, 4) is 0 Å². The summed E-state index contributed by atoms with van der Waals surface area (Å²) >= 11 is 0. The van der Waals surface area contributed by atoms with E-state index in [1.807, 2.05) is 6.07 Å². The Balaban J connectivity index is 1.35. The molecule has 2 aromatic carbocycles. The highest BCUT2D eigenvalue weighted by atomic mass is 32.2. The van der Waals surface area contributed by atoms with E-state index >= 15 is 0 Å². The summed E-state index contributed by atoms with van der Waals surface area (Å²) in [6.45, 7) is 7.81. The van der Waals surface area contributed by atoms with E-state index in [1.165, 1.54) is 5.69 Å². The van der Waals surface area contributed by atoms with Gasteiger partial charge in [0.05, 0.1) is 10.6 Å². The Morgan fingerprint density at radius 3 is 2.38 bits per heavy atom. The first-order valence-corrected chi connectivity index (χ1v) is 14.3. The first-order valence-electron chi connectivity index (χ1n) is 12.9. The molecule has 37 heavy (non-hydrogen) atoms. The molecule has 0 amide bonds. The van der Waals surface area contributed by atoms with Gasteiger partial charge in [0.15, 0.2) is 0 Å². The standard InChI is InChI=1S/C27H35N7O2S/c1-19(2)32-37(35,36)23-7-4-6-21(18-23)28-26-24-8-5-9-25(24)30-27(31-26)29-20-10-12-22(13-11-20)34-16-14-33(3)15-17-34/h4,6-7,10-13,18-19,32H,5,8-9,14-17H2,1-3H3,(H2,28,29,30,31). The Hall–Kier alpha value is -3.21. The van der Waals surface area contributed by atoms with Gasteiger partial charge < -0.3 is 20.4 Å². The Labute approximate surface area is 219 Å². The second-order valence-corrected chi connectivity index (χ2v) is 11.8. The van der Waals surface area contributed by atoms with Crippen molar-refractivity contribution >= 4 is 38.9 Å². The topological polar surface area (TPSA) is 102 Å². The molecule has 2 aliphatic rings. The Morgan fingerprint density at radius 1 is 0.892 bits per heavy atom. The van der Waals surface area contributed by atoms with Gasteiger partial charge in [-0.25, -0.2) is 18.1 Å². The van der Waals surface area contributed by atoms with Crippen molar-refractivity contribution in [3.63, 3.8) is 0 Å². The minimum Gasteiger partial charge on any atom is -0.369 e. The number of benzene rings is 2. The fraction of sp³-hybridized carbons (Fsp3) is 0.407. The van der Waals surface area contributed by atoms with Crippen LogP contribution in [0, 0.1) is 0 Å². The molecule has 0 radical (unpaired) electrons. The summed E-state index contributed by atoms with van der Waals surface area (Å²) in [7, 11) is -1.43. The Bertz CT molecular complexity index is 1350. The van der Waals surface area contributed by atoms with Crippen molar-refractivity contribution in [2.45, 2.75) is 44.0 Å². The summed E-state index contributed by atoms with van der Waals surface area (Å²) in [6, 6.07) is 15.0. The van der Waals surface area contributed by atoms with Crippen LogP contribution in [0.2, 0.25) is 0 Å². The van der Waals surface area contributed by atoms with E-state index in [9.17, 15) is 8.42 Å². The molecule has 1 aliphatic heterocycles. The summed E-state index contributed by atoms with van der Waals surface area (Å²) < 4.78 is 27.9. The number of fused-ring (bicyclic) bond motifs is 1. The summed E-state index contributed by atoms with van der Waals surface area (Å²) in [4.78, 5) is 14.5. The van der Waals surface area contributed by atoms with Gasteiger partial charge in [-0.05, 0) is 82.6 Å². The van der Waals surface area contributed by atoms with Gasteiger partial charge in [-0.2, -0.15) is 4.98 Å². The average Bonchev–Trinajstić information content (AvgIpc) is 3.34. The zero-order chi connectivity index (χ0) is 26.0. The lowest BCUT2D eigenvalue weighted by molar-refractivity contribution is 0.313. The third-order valence-corrected chi connectivity index (χ3v) is 8.38. The molecule has 1 aliphatic carbocycles. The number of hydrogen-bond acceptors (Lipinski definition) is 8. The molecule has 0 unspecified atom stereocenters. The second-order valence-electron chi connectivity index (χ2n) is 10.1. The normalized spacial score (nSPS) is 16.2. The molecule has 10 heteroatoms. The molecule has 1 aromatic heterocycles. The van der Waals surface area contributed by atoms with Gasteiger partial charge in [0.2, 0.25) is 16.0 Å². The molecule has 2 heterocycles. The van der Waals surface area contributed by atoms with Gasteiger partial charge in [0, 0.05) is 54.8 Å². The van der Waals surface area contributed by atoms with Crippen LogP contribution in [0.25, 0.3) is 0 Å². The lowest BCUT2D eigenvalue weighted by Crippen LogP contribution is -2.44. The summed E-state index contributed by atoms with van der Waals surface area (Å²) in [6.07, 6.45) is 2.81. The number of piperazine rings is 1. The summed E-state index contributed by atoms with van der Waals surface area (Å²) in [5, 5.41) is 6.72. The molecule has 0 bridgehead atoms. The molecule has 3 N–H and O–H groups in total. The third-order valence-electron chi connectivity index (χ3n) is 6.72. The Morgan fingerprint density at radius 2 is 1.65 bits per heavy atom. The van der Waals surface area contributed by atoms with Gasteiger partial charge in [0.25, 0.3) is 0 Å². The van der Waals surface area contributed by atoms with Crippen LogP contribution in [0.5, 0.6) is 0 Å². The molecule has 9 nitrogen and oxygen atoms in total. The van der Waals surface area contributed by atoms with Crippen molar-refractivity contribution in [3.05, 3.63) is 59.8 Å². The zero-order valence-electron chi connectivity index (χ0n) is 21.7. The van der Waals surface area contributed by atoms with E-state index < -0.39 is 10.0 Å². The number of likely N-dealkylation sites (N-methyl/N-ethyl adjacent to an activating group) is 1. The van der Waals surface area contributed by atoms with E-state index in [1.54, 1.807) is 32.0 Å². The van der Waals surface area contributed by atoms with Crippen molar-refractivity contribution in [2.75, 3.05) is 48.8 Å². The van der Waals surface area contributed by atoms with Crippen LogP contribution in [0.3, 0.4) is 0 Å². The molecule has 1 fully saturated rings. The number of sulfonamides is 1. The molecule has 0 atom stereocenters. The van der Waals surface area contributed by atoms with Crippen LogP contribution >= 0.6 is 0 Å². The molecule has 5 rings (SSSR count). The molecule has 1 saturated heterocycles. The maximum absolute atomic E-state index is 12.7. The van der Waals surface area contributed by atoms with Gasteiger partial charge >= 0.3 is 0 Å². The van der Waals surface area contributed by atoms with Crippen LogP contribution in [0.1, 0.15) is 31.5 Å². The van der Waals surface area contributed by atoms with Gasteiger partial charge in [-0.15, -0.1) is 0 Å². The monoisotopic (exact) mass is 521 g/mol. The highest BCUT2D eigenvalue weighted by Gasteiger charge is 2.21.